The number of hydrogen-bond acceptors (Lipinski definition) is 4. The molecule has 2 heterocycles. The Bertz CT molecular complexity index is 461. The fourth-order valence-corrected chi connectivity index (χ4v) is 1.92. The number of aliphatic carboxylic acids is 1. The summed E-state index contributed by atoms with van der Waals surface area (Å²) in [6.07, 6.45) is -3.43. The van der Waals surface area contributed by atoms with E-state index in [1.54, 1.807) is 4.90 Å². The number of nitrogens with zero attached hydrogens (tertiary/aromatic N) is 2. The van der Waals surface area contributed by atoms with Crippen LogP contribution in [0.5, 0.6) is 0 Å². The van der Waals surface area contributed by atoms with Gasteiger partial charge in [0.25, 0.3) is 0 Å². The molecule has 0 N–H and O–H groups in total. The van der Waals surface area contributed by atoms with Gasteiger partial charge in [-0.25, -0.2) is 0 Å². The van der Waals surface area contributed by atoms with Crippen LogP contribution < -0.4 is 28.9 Å². The number of pyridine rings is 1. The maximum absolute atomic E-state index is 12.4. The molecule has 8 heteroatoms. The van der Waals surface area contributed by atoms with Gasteiger partial charge in [-0.1, -0.05) is 0 Å². The summed E-state index contributed by atoms with van der Waals surface area (Å²) in [4.78, 5) is 15.3. The number of alkyl halides is 3. The Kier molecular flexibility index (Phi) is 4.88. The van der Waals surface area contributed by atoms with Crippen LogP contribution in [0.2, 0.25) is 0 Å². The van der Waals surface area contributed by atoms with Gasteiger partial charge >= 0.3 is 25.0 Å². The maximum Gasteiger partial charge on any atom is 1.00 e. The summed E-state index contributed by atoms with van der Waals surface area (Å²) < 4.78 is 37.3. The Morgan fingerprint density at radius 2 is 2.11 bits per heavy atom. The van der Waals surface area contributed by atoms with Gasteiger partial charge in [-0.3, -0.25) is 4.98 Å². The van der Waals surface area contributed by atoms with Crippen LogP contribution in [0.1, 0.15) is 12.1 Å². The molecule has 0 aliphatic carbocycles. The minimum atomic E-state index is -4.47. The maximum atomic E-state index is 12.4. The zero-order valence-corrected chi connectivity index (χ0v) is 10.3. The van der Waals surface area contributed by atoms with Gasteiger partial charge in [-0.2, -0.15) is 13.2 Å². The minimum absolute atomic E-state index is 0. The van der Waals surface area contributed by atoms with Crippen molar-refractivity contribution in [1.29, 1.82) is 0 Å². The molecule has 0 atom stereocenters. The fourth-order valence-electron chi connectivity index (χ4n) is 1.92. The second kappa shape index (κ2) is 5.84. The van der Waals surface area contributed by atoms with E-state index in [1.807, 2.05) is 0 Å². The van der Waals surface area contributed by atoms with Crippen LogP contribution in [-0.4, -0.2) is 24.0 Å². The molecule has 0 radical (unpaired) electrons. The third kappa shape index (κ3) is 3.88. The van der Waals surface area contributed by atoms with Gasteiger partial charge in [0.15, 0.2) is 0 Å². The zero-order chi connectivity index (χ0) is 13.3. The van der Waals surface area contributed by atoms with E-state index in [9.17, 15) is 23.1 Å². The van der Waals surface area contributed by atoms with Gasteiger partial charge in [-0.05, 0) is 24.5 Å². The van der Waals surface area contributed by atoms with Crippen LogP contribution in [0.4, 0.5) is 18.9 Å². The second-order valence-electron chi connectivity index (χ2n) is 4.24. The van der Waals surface area contributed by atoms with Crippen molar-refractivity contribution >= 4 is 11.7 Å². The molecule has 1 aliphatic heterocycles. The number of halogens is 3. The summed E-state index contributed by atoms with van der Waals surface area (Å²) in [7, 11) is 0. The van der Waals surface area contributed by atoms with Gasteiger partial charge in [-0.15, -0.1) is 0 Å². The first kappa shape index (κ1) is 15.9. The molecule has 19 heavy (non-hydrogen) atoms. The second-order valence-corrected chi connectivity index (χ2v) is 4.24. The number of carboxylic acids is 1. The van der Waals surface area contributed by atoms with E-state index in [0.717, 1.165) is 12.3 Å². The van der Waals surface area contributed by atoms with Gasteiger partial charge in [0.1, 0.15) is 5.69 Å². The SMILES string of the molecule is O=C([O-])CC1CN(c2ccnc(C(F)(F)F)c2)C1.[Li+]. The van der Waals surface area contributed by atoms with Gasteiger partial charge in [0.05, 0.1) is 0 Å². The molecule has 0 bridgehead atoms. The van der Waals surface area contributed by atoms with Crippen molar-refractivity contribution in [2.75, 3.05) is 18.0 Å². The van der Waals surface area contributed by atoms with Crippen LogP contribution in [0, 0.1) is 5.92 Å². The van der Waals surface area contributed by atoms with Crippen molar-refractivity contribution in [3.63, 3.8) is 0 Å². The van der Waals surface area contributed by atoms with E-state index >= 15 is 0 Å². The summed E-state index contributed by atoms with van der Waals surface area (Å²) in [5, 5.41) is 10.3. The predicted molar refractivity (Wildman–Crippen MR) is 54.6 cm³/mol. The van der Waals surface area contributed by atoms with Crippen LogP contribution in [0.15, 0.2) is 18.3 Å². The molecule has 98 valence electrons. The molecule has 2 rings (SSSR count). The van der Waals surface area contributed by atoms with Crippen molar-refractivity contribution in [2.24, 2.45) is 5.92 Å². The summed E-state index contributed by atoms with van der Waals surface area (Å²) in [6.45, 7) is 0.852. The Hall–Kier alpha value is -1.19. The molecule has 1 saturated heterocycles. The average molecular weight is 266 g/mol. The summed E-state index contributed by atoms with van der Waals surface area (Å²) >= 11 is 0. The van der Waals surface area contributed by atoms with E-state index in [2.05, 4.69) is 4.98 Å². The van der Waals surface area contributed by atoms with Crippen LogP contribution >= 0.6 is 0 Å². The van der Waals surface area contributed by atoms with Crippen LogP contribution in [-0.2, 0) is 11.0 Å². The predicted octanol–water partition coefficient (Wildman–Crippen LogP) is -2.32. The first-order valence-electron chi connectivity index (χ1n) is 5.34. The summed E-state index contributed by atoms with van der Waals surface area (Å²) in [6, 6.07) is 2.44. The number of carboxylic acid groups (broad SMARTS) is 1. The Balaban J connectivity index is 0.00000180. The van der Waals surface area contributed by atoms with Crippen molar-refractivity contribution in [2.45, 2.75) is 12.6 Å². The smallest absolute Gasteiger partial charge is 0.550 e. The number of anilines is 1. The number of aromatic nitrogens is 1. The monoisotopic (exact) mass is 266 g/mol. The van der Waals surface area contributed by atoms with E-state index in [0.29, 0.717) is 18.8 Å². The molecule has 0 unspecified atom stereocenters. The molecule has 0 amide bonds. The van der Waals surface area contributed by atoms with Gasteiger partial charge < -0.3 is 14.8 Å². The largest absolute Gasteiger partial charge is 1.00 e. The molecule has 1 aromatic heterocycles. The summed E-state index contributed by atoms with van der Waals surface area (Å²) in [5.41, 5.74) is -0.532. The molecule has 0 aromatic carbocycles. The molecular weight excluding hydrogens is 256 g/mol. The Morgan fingerprint density at radius 3 is 2.63 bits per heavy atom. The first-order valence-corrected chi connectivity index (χ1v) is 5.34. The van der Waals surface area contributed by atoms with Crippen LogP contribution in [0.3, 0.4) is 0 Å². The van der Waals surface area contributed by atoms with Crippen LogP contribution in [0.25, 0.3) is 0 Å². The molecular formula is C11H10F3LiN2O2. The minimum Gasteiger partial charge on any atom is -0.550 e. The first-order chi connectivity index (χ1) is 8.36. The summed E-state index contributed by atoms with van der Waals surface area (Å²) in [5.74, 6) is -1.19. The Labute approximate surface area is 119 Å². The van der Waals surface area contributed by atoms with Crippen molar-refractivity contribution < 1.29 is 41.9 Å². The molecule has 0 spiro atoms. The standard InChI is InChI=1S/C11H11F3N2O2.Li/c12-11(13,14)9-4-8(1-2-15-9)16-5-7(6-16)3-10(17)18;/h1-2,4,7H,3,5-6H2,(H,17,18);/q;+1/p-1. The van der Waals surface area contributed by atoms with E-state index in [-0.39, 0.29) is 31.2 Å². The molecule has 1 aromatic rings. The molecule has 4 nitrogen and oxygen atoms in total. The van der Waals surface area contributed by atoms with Gasteiger partial charge in [0, 0.05) is 30.9 Å². The number of carbonyl (C=O) groups is 1. The van der Waals surface area contributed by atoms with Crippen molar-refractivity contribution in [1.82, 2.24) is 4.98 Å². The van der Waals surface area contributed by atoms with E-state index in [4.69, 9.17) is 0 Å². The topological polar surface area (TPSA) is 56.3 Å². The average Bonchev–Trinajstić information content (AvgIpc) is 2.21. The van der Waals surface area contributed by atoms with Gasteiger partial charge in [0.2, 0.25) is 0 Å². The molecule has 0 saturated carbocycles. The normalized spacial score (nSPS) is 15.6. The van der Waals surface area contributed by atoms with E-state index < -0.39 is 17.8 Å². The third-order valence-electron chi connectivity index (χ3n) is 2.81. The molecule has 1 aliphatic rings. The number of hydrogen-bond donors (Lipinski definition) is 0. The van der Waals surface area contributed by atoms with E-state index in [1.165, 1.54) is 6.07 Å². The number of rotatable bonds is 3. The fraction of sp³-hybridized carbons (Fsp3) is 0.455. The zero-order valence-electron chi connectivity index (χ0n) is 10.3. The van der Waals surface area contributed by atoms with Crippen molar-refractivity contribution in [3.8, 4) is 0 Å². The molecule has 1 fully saturated rings. The third-order valence-corrected chi connectivity index (χ3v) is 2.81. The Morgan fingerprint density at radius 1 is 1.47 bits per heavy atom. The number of carbonyl (C=O) groups excluding carboxylic acids is 1. The van der Waals surface area contributed by atoms with Crippen molar-refractivity contribution in [3.05, 3.63) is 24.0 Å². The quantitative estimate of drug-likeness (QED) is 0.576.